The molecule has 1 fully saturated rings. The SMILES string of the molecule is CC(C)Oc1ccc(C(=O)O)cc1NC(=O)CCCC1CCOCC1. The van der Waals surface area contributed by atoms with E-state index in [0.29, 0.717) is 23.8 Å². The number of anilines is 1. The molecule has 0 aliphatic carbocycles. The number of amides is 1. The van der Waals surface area contributed by atoms with Crippen LogP contribution in [0.1, 0.15) is 56.3 Å². The smallest absolute Gasteiger partial charge is 0.335 e. The Morgan fingerprint density at radius 1 is 1.32 bits per heavy atom. The Morgan fingerprint density at radius 2 is 2.04 bits per heavy atom. The molecule has 1 aromatic carbocycles. The lowest BCUT2D eigenvalue weighted by Crippen LogP contribution is -2.17. The monoisotopic (exact) mass is 349 g/mol. The zero-order valence-corrected chi connectivity index (χ0v) is 14.9. The van der Waals surface area contributed by atoms with Gasteiger partial charge in [-0.25, -0.2) is 4.79 Å². The maximum Gasteiger partial charge on any atom is 0.335 e. The van der Waals surface area contributed by atoms with Gasteiger partial charge in [0.05, 0.1) is 17.4 Å². The van der Waals surface area contributed by atoms with Crippen LogP contribution < -0.4 is 10.1 Å². The van der Waals surface area contributed by atoms with Crippen molar-refractivity contribution >= 4 is 17.6 Å². The molecule has 0 aromatic heterocycles. The summed E-state index contributed by atoms with van der Waals surface area (Å²) >= 11 is 0. The van der Waals surface area contributed by atoms with Gasteiger partial charge >= 0.3 is 5.97 Å². The summed E-state index contributed by atoms with van der Waals surface area (Å²) in [6.45, 7) is 5.39. The van der Waals surface area contributed by atoms with Crippen molar-refractivity contribution in [2.45, 2.75) is 52.1 Å². The minimum absolute atomic E-state index is 0.0696. The van der Waals surface area contributed by atoms with E-state index in [1.807, 2.05) is 13.8 Å². The topological polar surface area (TPSA) is 84.9 Å². The van der Waals surface area contributed by atoms with Crippen molar-refractivity contribution in [1.29, 1.82) is 0 Å². The van der Waals surface area contributed by atoms with Gasteiger partial charge < -0.3 is 19.9 Å². The van der Waals surface area contributed by atoms with Crippen LogP contribution in [0.4, 0.5) is 5.69 Å². The number of carboxylic acids is 1. The molecule has 0 radical (unpaired) electrons. The minimum atomic E-state index is -1.04. The fraction of sp³-hybridized carbons (Fsp3) is 0.579. The molecule has 0 spiro atoms. The molecular formula is C19H27NO5. The van der Waals surface area contributed by atoms with Gasteiger partial charge in [-0.2, -0.15) is 0 Å². The van der Waals surface area contributed by atoms with Crippen molar-refractivity contribution in [2.24, 2.45) is 5.92 Å². The van der Waals surface area contributed by atoms with Crippen molar-refractivity contribution in [2.75, 3.05) is 18.5 Å². The van der Waals surface area contributed by atoms with Gasteiger partial charge in [-0.1, -0.05) is 0 Å². The van der Waals surface area contributed by atoms with E-state index < -0.39 is 5.97 Å². The summed E-state index contributed by atoms with van der Waals surface area (Å²) in [4.78, 5) is 23.4. The van der Waals surface area contributed by atoms with Crippen molar-refractivity contribution in [3.05, 3.63) is 23.8 Å². The van der Waals surface area contributed by atoms with Crippen molar-refractivity contribution in [3.63, 3.8) is 0 Å². The summed E-state index contributed by atoms with van der Waals surface area (Å²) in [5.41, 5.74) is 0.526. The van der Waals surface area contributed by atoms with E-state index in [1.54, 1.807) is 6.07 Å². The number of carboxylic acid groups (broad SMARTS) is 1. The van der Waals surface area contributed by atoms with Gasteiger partial charge in [0.1, 0.15) is 5.75 Å². The molecule has 1 saturated heterocycles. The average molecular weight is 349 g/mol. The maximum absolute atomic E-state index is 12.2. The molecule has 138 valence electrons. The molecular weight excluding hydrogens is 322 g/mol. The number of nitrogens with one attached hydrogen (secondary N) is 1. The highest BCUT2D eigenvalue weighted by Crippen LogP contribution is 2.28. The van der Waals surface area contributed by atoms with E-state index in [9.17, 15) is 9.59 Å². The van der Waals surface area contributed by atoms with E-state index in [4.69, 9.17) is 14.6 Å². The molecule has 6 nitrogen and oxygen atoms in total. The van der Waals surface area contributed by atoms with Gasteiger partial charge in [-0.3, -0.25) is 4.79 Å². The second-order valence-electron chi connectivity index (χ2n) is 6.68. The first-order valence-corrected chi connectivity index (χ1v) is 8.87. The highest BCUT2D eigenvalue weighted by Gasteiger charge is 2.16. The molecule has 0 atom stereocenters. The number of carbonyl (C=O) groups is 2. The van der Waals surface area contributed by atoms with Crippen molar-refractivity contribution < 1.29 is 24.2 Å². The predicted molar refractivity (Wildman–Crippen MR) is 95.2 cm³/mol. The second kappa shape index (κ2) is 9.42. The Kier molecular flexibility index (Phi) is 7.25. The van der Waals surface area contributed by atoms with Crippen LogP contribution in [-0.2, 0) is 9.53 Å². The summed E-state index contributed by atoms with van der Waals surface area (Å²) in [5.74, 6) is -0.0381. The lowest BCUT2D eigenvalue weighted by Gasteiger charge is -2.21. The van der Waals surface area contributed by atoms with Crippen LogP contribution in [0, 0.1) is 5.92 Å². The van der Waals surface area contributed by atoms with Crippen LogP contribution in [0.2, 0.25) is 0 Å². The van der Waals surface area contributed by atoms with Crippen LogP contribution in [0.3, 0.4) is 0 Å². The number of carbonyl (C=O) groups excluding carboxylic acids is 1. The van der Waals surface area contributed by atoms with E-state index in [0.717, 1.165) is 38.9 Å². The quantitative estimate of drug-likeness (QED) is 0.747. The summed E-state index contributed by atoms with van der Waals surface area (Å²) in [6.07, 6.45) is 4.30. The number of hydrogen-bond acceptors (Lipinski definition) is 4. The van der Waals surface area contributed by atoms with Gasteiger partial charge in [0.15, 0.2) is 0 Å². The van der Waals surface area contributed by atoms with Gasteiger partial charge in [-0.05, 0) is 63.6 Å². The molecule has 1 aliphatic heterocycles. The van der Waals surface area contributed by atoms with Crippen molar-refractivity contribution in [1.82, 2.24) is 0 Å². The standard InChI is InChI=1S/C19H27NO5/c1-13(2)25-17-7-6-15(19(22)23)12-16(17)20-18(21)5-3-4-14-8-10-24-11-9-14/h6-7,12-14H,3-5,8-11H2,1-2H3,(H,20,21)(H,22,23). The lowest BCUT2D eigenvalue weighted by atomic mass is 9.94. The van der Waals surface area contributed by atoms with Crippen LogP contribution >= 0.6 is 0 Å². The zero-order chi connectivity index (χ0) is 18.2. The number of aromatic carboxylic acids is 1. The largest absolute Gasteiger partial charge is 0.489 e. The molecule has 0 saturated carbocycles. The third kappa shape index (κ3) is 6.38. The zero-order valence-electron chi connectivity index (χ0n) is 14.9. The van der Waals surface area contributed by atoms with Gasteiger partial charge in [0, 0.05) is 19.6 Å². The lowest BCUT2D eigenvalue weighted by molar-refractivity contribution is -0.116. The number of rotatable bonds is 8. The molecule has 0 unspecified atom stereocenters. The Morgan fingerprint density at radius 3 is 2.68 bits per heavy atom. The molecule has 1 amide bonds. The number of benzene rings is 1. The van der Waals surface area contributed by atoms with Crippen LogP contribution in [0.5, 0.6) is 5.75 Å². The molecule has 6 heteroatoms. The summed E-state index contributed by atoms with van der Waals surface area (Å²) in [7, 11) is 0. The predicted octanol–water partition coefficient (Wildman–Crippen LogP) is 3.71. The third-order valence-corrected chi connectivity index (χ3v) is 4.22. The third-order valence-electron chi connectivity index (χ3n) is 4.22. The number of ether oxygens (including phenoxy) is 2. The van der Waals surface area contributed by atoms with Crippen LogP contribution in [0.15, 0.2) is 18.2 Å². The second-order valence-corrected chi connectivity index (χ2v) is 6.68. The van der Waals surface area contributed by atoms with Crippen LogP contribution in [-0.4, -0.2) is 36.3 Å². The summed E-state index contributed by atoms with van der Waals surface area (Å²) in [5, 5.41) is 11.9. The number of hydrogen-bond donors (Lipinski definition) is 2. The van der Waals surface area contributed by atoms with Crippen LogP contribution in [0.25, 0.3) is 0 Å². The normalized spacial score (nSPS) is 15.2. The summed E-state index contributed by atoms with van der Waals surface area (Å²) < 4.78 is 11.0. The fourth-order valence-corrected chi connectivity index (χ4v) is 2.92. The highest BCUT2D eigenvalue weighted by molar-refractivity contribution is 5.95. The highest BCUT2D eigenvalue weighted by atomic mass is 16.5. The molecule has 1 aliphatic rings. The van der Waals surface area contributed by atoms with Gasteiger partial charge in [0.25, 0.3) is 0 Å². The van der Waals surface area contributed by atoms with E-state index in [1.165, 1.54) is 12.1 Å². The molecule has 1 aromatic rings. The van der Waals surface area contributed by atoms with E-state index >= 15 is 0 Å². The Bertz CT molecular complexity index is 593. The molecule has 1 heterocycles. The molecule has 2 rings (SSSR count). The Hall–Kier alpha value is -2.08. The van der Waals surface area contributed by atoms with Crippen molar-refractivity contribution in [3.8, 4) is 5.75 Å². The molecule has 25 heavy (non-hydrogen) atoms. The van der Waals surface area contributed by atoms with E-state index in [-0.39, 0.29) is 17.6 Å². The molecule has 0 bridgehead atoms. The fourth-order valence-electron chi connectivity index (χ4n) is 2.92. The summed E-state index contributed by atoms with van der Waals surface area (Å²) in [6, 6.07) is 4.50. The van der Waals surface area contributed by atoms with Gasteiger partial charge in [0.2, 0.25) is 5.91 Å². The van der Waals surface area contributed by atoms with E-state index in [2.05, 4.69) is 5.32 Å². The molecule has 2 N–H and O–H groups in total. The van der Waals surface area contributed by atoms with Gasteiger partial charge in [-0.15, -0.1) is 0 Å². The Labute approximate surface area is 148 Å². The Balaban J connectivity index is 1.92. The first-order valence-electron chi connectivity index (χ1n) is 8.87. The first kappa shape index (κ1) is 19.2. The maximum atomic E-state index is 12.2. The average Bonchev–Trinajstić information content (AvgIpc) is 2.57. The first-order chi connectivity index (χ1) is 12.0. The minimum Gasteiger partial charge on any atom is -0.489 e.